The van der Waals surface area contributed by atoms with Gasteiger partial charge in [0.05, 0.1) is 0 Å². The second-order valence-electron chi connectivity index (χ2n) is 16.2. The molecule has 0 radical (unpaired) electrons. The van der Waals surface area contributed by atoms with Gasteiger partial charge in [-0.2, -0.15) is 0 Å². The summed E-state index contributed by atoms with van der Waals surface area (Å²) in [5.74, 6) is 0. The molecule has 5 aromatic carbocycles. The van der Waals surface area contributed by atoms with Gasteiger partial charge in [-0.25, -0.2) is 0 Å². The molecule has 0 aliphatic rings. The molecule has 5 aromatic rings. The van der Waals surface area contributed by atoms with E-state index in [9.17, 15) is 0 Å². The molecular weight excluding hydrogens is 685 g/mol. The summed E-state index contributed by atoms with van der Waals surface area (Å²) in [4.78, 5) is 0. The first kappa shape index (κ1) is 43.0. The molecule has 0 spiro atoms. The Morgan fingerprint density at radius 2 is 0.554 bits per heavy atom. The van der Waals surface area contributed by atoms with E-state index >= 15 is 0 Å². The lowest BCUT2D eigenvalue weighted by Crippen LogP contribution is -2.62. The van der Waals surface area contributed by atoms with E-state index in [1.807, 2.05) is 0 Å². The van der Waals surface area contributed by atoms with Gasteiger partial charge in [-0.3, -0.25) is 0 Å². The zero-order valence-corrected chi connectivity index (χ0v) is 34.4. The van der Waals surface area contributed by atoms with Crippen LogP contribution < -0.4 is 32.7 Å². The maximum absolute atomic E-state index is 6.88. The zero-order chi connectivity index (χ0) is 39.7. The number of benzene rings is 5. The minimum absolute atomic E-state index is 0.00180. The Bertz CT molecular complexity index is 1750. The fraction of sp³-hybridized carbons (Fsp3) is 0.400. The third-order valence-electron chi connectivity index (χ3n) is 11.5. The molecule has 10 unspecified atom stereocenters. The predicted molar refractivity (Wildman–Crippen MR) is 238 cm³/mol. The second kappa shape index (κ2) is 22.6. The highest BCUT2D eigenvalue weighted by molar-refractivity contribution is 5.21. The normalized spacial score (nSPS) is 17.1. The molecule has 0 amide bonds. The van der Waals surface area contributed by atoms with E-state index in [2.05, 4.69) is 208 Å². The Morgan fingerprint density at radius 3 is 0.839 bits per heavy atom. The Balaban J connectivity index is 1.37. The third-order valence-corrected chi connectivity index (χ3v) is 11.5. The van der Waals surface area contributed by atoms with Crippen molar-refractivity contribution in [2.24, 2.45) is 11.5 Å². The maximum atomic E-state index is 6.88. The van der Waals surface area contributed by atoms with Crippen LogP contribution in [0.5, 0.6) is 0 Å². The Kier molecular flexibility index (Phi) is 17.3. The van der Waals surface area contributed by atoms with E-state index in [-0.39, 0.29) is 60.4 Å². The van der Waals surface area contributed by atoms with Crippen LogP contribution in [0.4, 0.5) is 0 Å². The number of nitrogens with one attached hydrogen (secondary N) is 4. The molecule has 10 atom stereocenters. The summed E-state index contributed by atoms with van der Waals surface area (Å²) in [7, 11) is 0. The van der Waals surface area contributed by atoms with E-state index in [1.165, 1.54) is 27.8 Å². The lowest BCUT2D eigenvalue weighted by atomic mass is 9.92. The van der Waals surface area contributed by atoms with Crippen molar-refractivity contribution in [3.05, 3.63) is 179 Å². The highest BCUT2D eigenvalue weighted by Gasteiger charge is 2.30. The summed E-state index contributed by atoms with van der Waals surface area (Å²) in [6.07, 6.45) is 4.41. The fourth-order valence-electron chi connectivity index (χ4n) is 7.89. The molecule has 0 heterocycles. The molecule has 6 heteroatoms. The van der Waals surface area contributed by atoms with Crippen LogP contribution in [0.25, 0.3) is 0 Å². The number of hydrogen-bond acceptors (Lipinski definition) is 6. The van der Waals surface area contributed by atoms with Gasteiger partial charge in [-0.15, -0.1) is 0 Å². The highest BCUT2D eigenvalue weighted by atomic mass is 15.1. The van der Waals surface area contributed by atoms with Gasteiger partial charge < -0.3 is 32.7 Å². The van der Waals surface area contributed by atoms with Gasteiger partial charge in [0.1, 0.15) is 0 Å². The second-order valence-corrected chi connectivity index (χ2v) is 16.2. The average molecular weight is 753 g/mol. The molecule has 56 heavy (non-hydrogen) atoms. The lowest BCUT2D eigenvalue weighted by molar-refractivity contribution is 0.254. The van der Waals surface area contributed by atoms with Crippen LogP contribution in [0.2, 0.25) is 0 Å². The van der Waals surface area contributed by atoms with Crippen molar-refractivity contribution in [2.75, 3.05) is 0 Å². The molecule has 0 aliphatic heterocycles. The van der Waals surface area contributed by atoms with Crippen molar-refractivity contribution in [3.8, 4) is 0 Å². The lowest BCUT2D eigenvalue weighted by Gasteiger charge is -2.39. The van der Waals surface area contributed by atoms with Gasteiger partial charge in [-0.1, -0.05) is 152 Å². The van der Waals surface area contributed by atoms with E-state index < -0.39 is 0 Å². The smallest absolute Gasteiger partial charge is 0.0262 e. The highest BCUT2D eigenvalue weighted by Crippen LogP contribution is 2.16. The molecular formula is C50H68N6. The van der Waals surface area contributed by atoms with Gasteiger partial charge in [0.2, 0.25) is 0 Å². The monoisotopic (exact) mass is 753 g/mol. The van der Waals surface area contributed by atoms with E-state index in [0.29, 0.717) is 0 Å². The minimum Gasteiger partial charge on any atom is -0.327 e. The van der Waals surface area contributed by atoms with Crippen LogP contribution in [0.3, 0.4) is 0 Å². The predicted octanol–water partition coefficient (Wildman–Crippen LogP) is 7.26. The standard InChI is InChI=1S/C50H68N6/c1-36(51)47(32-42-23-13-7-14-24-42)54-38(3)49(34-44-27-17-9-18-28-44)56-40(5)50(35-45-29-19-10-20-30-45)55-39(4)48(33-43-25-15-8-16-26-43)53-37(2)46(52)31-41-21-11-6-12-22-41/h6-30,36-40,46-50,53-56H,31-35,51-52H2,1-5H3. The first-order valence-corrected chi connectivity index (χ1v) is 20.9. The largest absolute Gasteiger partial charge is 0.327 e. The summed E-state index contributed by atoms with van der Waals surface area (Å²) in [5.41, 5.74) is 20.0. The minimum atomic E-state index is -0.0155. The van der Waals surface area contributed by atoms with Crippen LogP contribution in [0.15, 0.2) is 152 Å². The molecule has 6 nitrogen and oxygen atoms in total. The fourth-order valence-corrected chi connectivity index (χ4v) is 7.89. The molecule has 8 N–H and O–H groups in total. The van der Waals surface area contributed by atoms with Crippen LogP contribution in [0.1, 0.15) is 62.4 Å². The van der Waals surface area contributed by atoms with Gasteiger partial charge in [-0.05, 0) is 94.5 Å². The van der Waals surface area contributed by atoms with Crippen molar-refractivity contribution < 1.29 is 0 Å². The summed E-state index contributed by atoms with van der Waals surface area (Å²) in [6.45, 7) is 11.4. The molecule has 5 rings (SSSR count). The maximum Gasteiger partial charge on any atom is 0.0262 e. The molecule has 0 fully saturated rings. The van der Waals surface area contributed by atoms with Crippen molar-refractivity contribution >= 4 is 0 Å². The number of rotatable bonds is 23. The number of nitrogens with two attached hydrogens (primary N) is 2. The Morgan fingerprint density at radius 1 is 0.321 bits per heavy atom. The first-order chi connectivity index (χ1) is 27.1. The van der Waals surface area contributed by atoms with Crippen LogP contribution in [0, 0.1) is 0 Å². The van der Waals surface area contributed by atoms with Gasteiger partial charge in [0, 0.05) is 60.4 Å². The average Bonchev–Trinajstić information content (AvgIpc) is 3.21. The van der Waals surface area contributed by atoms with Crippen molar-refractivity contribution in [3.63, 3.8) is 0 Å². The van der Waals surface area contributed by atoms with Gasteiger partial charge in [0.25, 0.3) is 0 Å². The SMILES string of the molecule is CC(N)C(Cc1ccccc1)NC(C)C(Cc1ccccc1)NC(C)C(Cc1ccccc1)NC(C)C(Cc1ccccc1)NC(C)C(N)Cc1ccccc1. The summed E-state index contributed by atoms with van der Waals surface area (Å²) >= 11 is 0. The van der Waals surface area contributed by atoms with E-state index in [1.54, 1.807) is 0 Å². The topological polar surface area (TPSA) is 100 Å². The molecule has 0 saturated heterocycles. The quantitative estimate of drug-likeness (QED) is 0.0421. The first-order valence-electron chi connectivity index (χ1n) is 20.9. The van der Waals surface area contributed by atoms with Crippen molar-refractivity contribution in [1.82, 2.24) is 21.3 Å². The number of hydrogen-bond donors (Lipinski definition) is 6. The molecule has 0 saturated carbocycles. The van der Waals surface area contributed by atoms with Crippen molar-refractivity contribution in [1.29, 1.82) is 0 Å². The Hall–Kier alpha value is -4.14. The van der Waals surface area contributed by atoms with Gasteiger partial charge in [0.15, 0.2) is 0 Å². The summed E-state index contributed by atoms with van der Waals surface area (Å²) in [5, 5.41) is 16.3. The van der Waals surface area contributed by atoms with Crippen molar-refractivity contribution in [2.45, 2.75) is 127 Å². The van der Waals surface area contributed by atoms with Crippen LogP contribution in [-0.4, -0.2) is 60.4 Å². The molecule has 0 aromatic heterocycles. The molecule has 0 bridgehead atoms. The molecule has 0 aliphatic carbocycles. The molecule has 298 valence electrons. The Labute approximate surface area is 338 Å². The van der Waals surface area contributed by atoms with E-state index in [0.717, 1.165) is 32.1 Å². The summed E-state index contributed by atoms with van der Waals surface area (Å²) in [6, 6.07) is 55.0. The van der Waals surface area contributed by atoms with E-state index in [4.69, 9.17) is 11.5 Å². The van der Waals surface area contributed by atoms with Crippen LogP contribution in [-0.2, 0) is 32.1 Å². The third kappa shape index (κ3) is 14.1. The van der Waals surface area contributed by atoms with Crippen LogP contribution >= 0.6 is 0 Å². The van der Waals surface area contributed by atoms with Gasteiger partial charge >= 0.3 is 0 Å². The zero-order valence-electron chi connectivity index (χ0n) is 34.4. The summed E-state index contributed by atoms with van der Waals surface area (Å²) < 4.78 is 0.